The van der Waals surface area contributed by atoms with Crippen LogP contribution in [0.15, 0.2) is 6.07 Å². The van der Waals surface area contributed by atoms with E-state index in [1.54, 1.807) is 0 Å². The normalized spacial score (nSPS) is 24.5. The van der Waals surface area contributed by atoms with Crippen molar-refractivity contribution in [2.45, 2.75) is 25.3 Å². The fraction of sp³-hybridized carbons (Fsp3) is 0.600. The smallest absolute Gasteiger partial charge is 0.126 e. The summed E-state index contributed by atoms with van der Waals surface area (Å²) >= 11 is 0. The van der Waals surface area contributed by atoms with Crippen molar-refractivity contribution in [2.75, 3.05) is 33.0 Å². The molecule has 1 aromatic carbocycles. The van der Waals surface area contributed by atoms with Crippen LogP contribution in [0.2, 0.25) is 0 Å². The number of hydrogen-bond acceptors (Lipinski definition) is 4. The number of morpholine rings is 1. The van der Waals surface area contributed by atoms with Gasteiger partial charge in [-0.15, -0.1) is 0 Å². The van der Waals surface area contributed by atoms with Crippen LogP contribution in [0.1, 0.15) is 16.7 Å². The van der Waals surface area contributed by atoms with E-state index in [-0.39, 0.29) is 0 Å². The first kappa shape index (κ1) is 11.6. The molecule has 0 bridgehead atoms. The van der Waals surface area contributed by atoms with Crippen molar-refractivity contribution in [3.63, 3.8) is 0 Å². The van der Waals surface area contributed by atoms with E-state index in [0.717, 1.165) is 63.7 Å². The number of hydrogen-bond donors (Lipinski definition) is 1. The largest absolute Gasteiger partial charge is 0.493 e. The van der Waals surface area contributed by atoms with Crippen molar-refractivity contribution in [2.24, 2.45) is 0 Å². The molecule has 1 fully saturated rings. The van der Waals surface area contributed by atoms with Gasteiger partial charge >= 0.3 is 0 Å². The van der Waals surface area contributed by atoms with Crippen molar-refractivity contribution >= 4 is 0 Å². The Morgan fingerprint density at radius 3 is 3.00 bits per heavy atom. The Balaban J connectivity index is 1.69. The van der Waals surface area contributed by atoms with Crippen LogP contribution in [0.4, 0.5) is 0 Å². The average molecular weight is 261 g/mol. The Labute approximate surface area is 113 Å². The highest BCUT2D eigenvalue weighted by Crippen LogP contribution is 2.41. The van der Waals surface area contributed by atoms with Crippen LogP contribution < -0.4 is 14.8 Å². The molecular formula is C15H19NO3. The maximum absolute atomic E-state index is 5.87. The molecule has 0 saturated carbocycles. The lowest BCUT2D eigenvalue weighted by Crippen LogP contribution is -2.42. The summed E-state index contributed by atoms with van der Waals surface area (Å²) in [5, 5.41) is 3.53. The monoisotopic (exact) mass is 261 g/mol. The molecule has 3 heterocycles. The molecule has 0 aliphatic carbocycles. The minimum absolute atomic E-state index is 0.397. The van der Waals surface area contributed by atoms with E-state index in [1.165, 1.54) is 16.7 Å². The summed E-state index contributed by atoms with van der Waals surface area (Å²) in [5.74, 6) is 2.20. The van der Waals surface area contributed by atoms with Gasteiger partial charge in [-0.05, 0) is 12.5 Å². The number of fused-ring (bicyclic) bond motifs is 2. The molecule has 1 atom stereocenters. The lowest BCUT2D eigenvalue weighted by atomic mass is 9.94. The van der Waals surface area contributed by atoms with Gasteiger partial charge in [-0.1, -0.05) is 0 Å². The van der Waals surface area contributed by atoms with E-state index in [0.29, 0.717) is 6.04 Å². The van der Waals surface area contributed by atoms with E-state index >= 15 is 0 Å². The first-order valence-corrected chi connectivity index (χ1v) is 7.16. The molecule has 1 unspecified atom stereocenters. The van der Waals surface area contributed by atoms with Gasteiger partial charge < -0.3 is 19.5 Å². The lowest BCUT2D eigenvalue weighted by Gasteiger charge is -2.25. The second-order valence-electron chi connectivity index (χ2n) is 5.45. The molecule has 0 aromatic heterocycles. The minimum atomic E-state index is 0.397. The molecule has 1 aromatic rings. The molecule has 1 N–H and O–H groups in total. The number of benzene rings is 1. The Bertz CT molecular complexity index is 462. The maximum Gasteiger partial charge on any atom is 0.126 e. The number of ether oxygens (including phenoxy) is 3. The Kier molecular flexibility index (Phi) is 2.85. The van der Waals surface area contributed by atoms with Crippen molar-refractivity contribution in [3.8, 4) is 11.5 Å². The predicted molar refractivity (Wildman–Crippen MR) is 71.2 cm³/mol. The van der Waals surface area contributed by atoms with Gasteiger partial charge in [0.2, 0.25) is 0 Å². The molecule has 0 amide bonds. The van der Waals surface area contributed by atoms with E-state index in [1.807, 2.05) is 0 Å². The molecule has 0 radical (unpaired) electrons. The molecule has 0 spiro atoms. The quantitative estimate of drug-likeness (QED) is 0.865. The van der Waals surface area contributed by atoms with E-state index in [2.05, 4.69) is 11.4 Å². The van der Waals surface area contributed by atoms with Crippen LogP contribution in [0.5, 0.6) is 11.5 Å². The minimum Gasteiger partial charge on any atom is -0.493 e. The molecule has 3 aliphatic heterocycles. The average Bonchev–Trinajstić information content (AvgIpc) is 3.08. The molecule has 3 aliphatic rings. The van der Waals surface area contributed by atoms with Crippen molar-refractivity contribution in [1.29, 1.82) is 0 Å². The fourth-order valence-electron chi connectivity index (χ4n) is 3.30. The van der Waals surface area contributed by atoms with Crippen LogP contribution in [-0.4, -0.2) is 39.0 Å². The highest BCUT2D eigenvalue weighted by Gasteiger charge is 2.28. The number of rotatable bonds is 2. The van der Waals surface area contributed by atoms with Gasteiger partial charge in [0.05, 0.1) is 26.4 Å². The van der Waals surface area contributed by atoms with Gasteiger partial charge in [-0.2, -0.15) is 0 Å². The van der Waals surface area contributed by atoms with Crippen LogP contribution in [-0.2, 0) is 24.0 Å². The Morgan fingerprint density at radius 1 is 1.16 bits per heavy atom. The first-order valence-electron chi connectivity index (χ1n) is 7.16. The maximum atomic E-state index is 5.87. The first-order chi connectivity index (χ1) is 9.42. The molecule has 102 valence electrons. The molecule has 4 nitrogen and oxygen atoms in total. The van der Waals surface area contributed by atoms with E-state index in [9.17, 15) is 0 Å². The second kappa shape index (κ2) is 4.69. The number of nitrogens with one attached hydrogen (secondary N) is 1. The van der Waals surface area contributed by atoms with Crippen LogP contribution in [0.25, 0.3) is 0 Å². The lowest BCUT2D eigenvalue weighted by molar-refractivity contribution is 0.0767. The summed E-state index contributed by atoms with van der Waals surface area (Å²) < 4.78 is 17.2. The van der Waals surface area contributed by atoms with Gasteiger partial charge in [-0.3, -0.25) is 0 Å². The van der Waals surface area contributed by atoms with E-state index in [4.69, 9.17) is 14.2 Å². The zero-order chi connectivity index (χ0) is 12.7. The van der Waals surface area contributed by atoms with Gasteiger partial charge in [0.15, 0.2) is 0 Å². The SMILES string of the molecule is c1c2c(c(CC3COCCN3)c3c1OCC3)OCC2. The molecular weight excluding hydrogens is 242 g/mol. The zero-order valence-corrected chi connectivity index (χ0v) is 11.0. The predicted octanol–water partition coefficient (Wildman–Crippen LogP) is 1.09. The third-order valence-corrected chi connectivity index (χ3v) is 4.21. The topological polar surface area (TPSA) is 39.7 Å². The summed E-state index contributed by atoms with van der Waals surface area (Å²) in [6.07, 6.45) is 3.00. The van der Waals surface area contributed by atoms with Crippen LogP contribution in [0.3, 0.4) is 0 Å². The van der Waals surface area contributed by atoms with Gasteiger partial charge in [-0.25, -0.2) is 0 Å². The third-order valence-electron chi connectivity index (χ3n) is 4.21. The molecule has 1 saturated heterocycles. The van der Waals surface area contributed by atoms with Gasteiger partial charge in [0.25, 0.3) is 0 Å². The van der Waals surface area contributed by atoms with Crippen LogP contribution >= 0.6 is 0 Å². The third kappa shape index (κ3) is 1.99. The molecule has 19 heavy (non-hydrogen) atoms. The fourth-order valence-corrected chi connectivity index (χ4v) is 3.30. The van der Waals surface area contributed by atoms with Crippen molar-refractivity contribution < 1.29 is 14.2 Å². The Hall–Kier alpha value is -1.26. The summed E-state index contributed by atoms with van der Waals surface area (Å²) in [6.45, 7) is 4.17. The highest BCUT2D eigenvalue weighted by molar-refractivity contribution is 5.56. The zero-order valence-electron chi connectivity index (χ0n) is 11.0. The van der Waals surface area contributed by atoms with Gasteiger partial charge in [0, 0.05) is 42.1 Å². The highest BCUT2D eigenvalue weighted by atomic mass is 16.5. The summed E-state index contributed by atoms with van der Waals surface area (Å²) in [7, 11) is 0. The standard InChI is InChI=1S/C15H19NO3/c1-4-19-15-10(1)7-14-12(2-5-18-14)13(15)8-11-9-17-6-3-16-11/h7,11,16H,1-6,8-9H2. The van der Waals surface area contributed by atoms with E-state index < -0.39 is 0 Å². The summed E-state index contributed by atoms with van der Waals surface area (Å²) in [6, 6.07) is 2.58. The van der Waals surface area contributed by atoms with Crippen LogP contribution in [0, 0.1) is 0 Å². The Morgan fingerprint density at radius 2 is 2.11 bits per heavy atom. The molecule has 4 rings (SSSR count). The molecule has 4 heteroatoms. The second-order valence-corrected chi connectivity index (χ2v) is 5.45. The summed E-state index contributed by atoms with van der Waals surface area (Å²) in [5.41, 5.74) is 4.02. The van der Waals surface area contributed by atoms with Gasteiger partial charge in [0.1, 0.15) is 11.5 Å². The van der Waals surface area contributed by atoms with Crippen molar-refractivity contribution in [1.82, 2.24) is 5.32 Å². The van der Waals surface area contributed by atoms with Crippen molar-refractivity contribution in [3.05, 3.63) is 22.8 Å². The summed E-state index contributed by atoms with van der Waals surface area (Å²) in [4.78, 5) is 0.